The van der Waals surface area contributed by atoms with Crippen molar-refractivity contribution in [2.45, 2.75) is 6.54 Å². The highest BCUT2D eigenvalue weighted by atomic mass is 79.9. The molecule has 0 N–H and O–H groups in total. The largest absolute Gasteiger partial charge is 0.496 e. The number of hydrogen-bond donors (Lipinski definition) is 0. The quantitative estimate of drug-likeness (QED) is 0.814. The number of benzene rings is 1. The molecule has 0 atom stereocenters. The Balaban J connectivity index is 2.32. The molecule has 0 aliphatic rings. The van der Waals surface area contributed by atoms with Gasteiger partial charge in [0.2, 0.25) is 0 Å². The first-order valence-electron chi connectivity index (χ1n) is 5.03. The van der Waals surface area contributed by atoms with E-state index in [4.69, 9.17) is 4.74 Å². The number of rotatable bonds is 4. The van der Waals surface area contributed by atoms with E-state index in [1.165, 1.54) is 0 Å². The van der Waals surface area contributed by atoms with Crippen molar-refractivity contribution >= 4 is 22.2 Å². The van der Waals surface area contributed by atoms with Crippen LogP contribution < -0.4 is 4.74 Å². The van der Waals surface area contributed by atoms with Gasteiger partial charge in [-0.25, -0.2) is 0 Å². The highest BCUT2D eigenvalue weighted by Crippen LogP contribution is 2.20. The number of aldehydes is 1. The number of methoxy groups -OCH3 is 1. The van der Waals surface area contributed by atoms with E-state index in [9.17, 15) is 4.79 Å². The molecule has 0 aliphatic carbocycles. The third kappa shape index (κ3) is 2.74. The number of carbonyl (C=O) groups excluding carboxylic acids is 1. The maximum Gasteiger partial charge on any atom is 0.150 e. The van der Waals surface area contributed by atoms with Crippen LogP contribution in [0.1, 0.15) is 15.9 Å². The van der Waals surface area contributed by atoms with Crippen molar-refractivity contribution in [1.82, 2.24) is 9.78 Å². The number of ether oxygens (including phenoxy) is 1. The number of hydrogen-bond acceptors (Lipinski definition) is 3. The Morgan fingerprint density at radius 1 is 1.53 bits per heavy atom. The van der Waals surface area contributed by atoms with Gasteiger partial charge in [-0.2, -0.15) is 5.10 Å². The van der Waals surface area contributed by atoms with Gasteiger partial charge in [0, 0.05) is 17.3 Å². The van der Waals surface area contributed by atoms with Crippen LogP contribution in [0.25, 0.3) is 0 Å². The van der Waals surface area contributed by atoms with Gasteiger partial charge in [-0.3, -0.25) is 9.48 Å². The van der Waals surface area contributed by atoms with E-state index in [1.807, 2.05) is 6.20 Å². The van der Waals surface area contributed by atoms with Crippen molar-refractivity contribution in [3.8, 4) is 5.75 Å². The van der Waals surface area contributed by atoms with Crippen molar-refractivity contribution in [2.24, 2.45) is 0 Å². The Labute approximate surface area is 107 Å². The van der Waals surface area contributed by atoms with E-state index in [0.717, 1.165) is 22.1 Å². The summed E-state index contributed by atoms with van der Waals surface area (Å²) in [5.41, 5.74) is 1.56. The molecule has 1 heterocycles. The average molecular weight is 295 g/mol. The first kappa shape index (κ1) is 11.9. The second kappa shape index (κ2) is 5.14. The third-order valence-corrected chi connectivity index (χ3v) is 2.78. The number of aromatic nitrogens is 2. The lowest BCUT2D eigenvalue weighted by Gasteiger charge is -2.09. The van der Waals surface area contributed by atoms with Crippen LogP contribution in [0.2, 0.25) is 0 Å². The fourth-order valence-electron chi connectivity index (χ4n) is 1.59. The molecule has 5 heteroatoms. The van der Waals surface area contributed by atoms with E-state index < -0.39 is 0 Å². The Hall–Kier alpha value is -1.62. The average Bonchev–Trinajstić information content (AvgIpc) is 2.74. The van der Waals surface area contributed by atoms with Gasteiger partial charge in [0.15, 0.2) is 0 Å². The topological polar surface area (TPSA) is 44.1 Å². The van der Waals surface area contributed by atoms with Crippen LogP contribution in [0.3, 0.4) is 0 Å². The van der Waals surface area contributed by atoms with Crippen LogP contribution in [0.4, 0.5) is 0 Å². The van der Waals surface area contributed by atoms with Gasteiger partial charge in [0.05, 0.1) is 24.3 Å². The predicted molar refractivity (Wildman–Crippen MR) is 67.4 cm³/mol. The molecule has 0 unspecified atom stereocenters. The molecule has 0 aliphatic heterocycles. The minimum absolute atomic E-state index is 0.566. The molecule has 0 bridgehead atoms. The smallest absolute Gasteiger partial charge is 0.150 e. The molecule has 2 aromatic rings. The lowest BCUT2D eigenvalue weighted by Crippen LogP contribution is -2.02. The molecule has 0 saturated carbocycles. The van der Waals surface area contributed by atoms with Gasteiger partial charge in [0.25, 0.3) is 0 Å². The van der Waals surface area contributed by atoms with Crippen LogP contribution in [0.15, 0.2) is 35.1 Å². The zero-order valence-corrected chi connectivity index (χ0v) is 10.8. The Kier molecular flexibility index (Phi) is 3.58. The van der Waals surface area contributed by atoms with Crippen LogP contribution in [-0.2, 0) is 6.54 Å². The molecule has 0 saturated heterocycles. The summed E-state index contributed by atoms with van der Waals surface area (Å²) in [6, 6.07) is 5.33. The summed E-state index contributed by atoms with van der Waals surface area (Å²) in [6.07, 6.45) is 4.41. The fourth-order valence-corrected chi connectivity index (χ4v) is 1.92. The van der Waals surface area contributed by atoms with Crippen LogP contribution in [0, 0.1) is 0 Å². The molecule has 1 aromatic carbocycles. The standard InChI is InChI=1S/C12H11BrN2O2/c1-17-12-3-2-9(8-16)4-10(12)6-15-7-11(13)5-14-15/h2-5,7-8H,6H2,1H3. The monoisotopic (exact) mass is 294 g/mol. The van der Waals surface area contributed by atoms with Gasteiger partial charge in [0.1, 0.15) is 12.0 Å². The Morgan fingerprint density at radius 3 is 2.94 bits per heavy atom. The molecular weight excluding hydrogens is 284 g/mol. The van der Waals surface area contributed by atoms with Gasteiger partial charge in [-0.05, 0) is 34.1 Å². The van der Waals surface area contributed by atoms with Crippen LogP contribution in [-0.4, -0.2) is 23.2 Å². The zero-order chi connectivity index (χ0) is 12.3. The minimum atomic E-state index is 0.566. The van der Waals surface area contributed by atoms with Crippen molar-refractivity contribution in [1.29, 1.82) is 0 Å². The molecule has 4 nitrogen and oxygen atoms in total. The van der Waals surface area contributed by atoms with Crippen molar-refractivity contribution in [3.63, 3.8) is 0 Å². The maximum absolute atomic E-state index is 10.7. The molecular formula is C12H11BrN2O2. The van der Waals surface area contributed by atoms with E-state index in [-0.39, 0.29) is 0 Å². The van der Waals surface area contributed by atoms with Crippen molar-refractivity contribution < 1.29 is 9.53 Å². The van der Waals surface area contributed by atoms with Crippen LogP contribution in [0.5, 0.6) is 5.75 Å². The predicted octanol–water partition coefficient (Wildman–Crippen LogP) is 2.52. The molecule has 0 amide bonds. The van der Waals surface area contributed by atoms with E-state index in [2.05, 4.69) is 21.0 Å². The van der Waals surface area contributed by atoms with Crippen molar-refractivity contribution in [3.05, 3.63) is 46.2 Å². The van der Waals surface area contributed by atoms with Gasteiger partial charge in [-0.1, -0.05) is 0 Å². The summed E-state index contributed by atoms with van der Waals surface area (Å²) in [4.78, 5) is 10.7. The first-order chi connectivity index (χ1) is 8.22. The summed E-state index contributed by atoms with van der Waals surface area (Å²) in [6.45, 7) is 0.566. The second-order valence-corrected chi connectivity index (χ2v) is 4.46. The molecule has 2 rings (SSSR count). The minimum Gasteiger partial charge on any atom is -0.496 e. The molecule has 88 valence electrons. The van der Waals surface area contributed by atoms with E-state index >= 15 is 0 Å². The molecule has 0 radical (unpaired) electrons. The highest BCUT2D eigenvalue weighted by molar-refractivity contribution is 9.10. The Morgan fingerprint density at radius 2 is 2.35 bits per heavy atom. The molecule has 0 fully saturated rings. The van der Waals surface area contributed by atoms with E-state index in [1.54, 1.807) is 36.2 Å². The van der Waals surface area contributed by atoms with Crippen LogP contribution >= 0.6 is 15.9 Å². The van der Waals surface area contributed by atoms with Gasteiger partial charge in [-0.15, -0.1) is 0 Å². The SMILES string of the molecule is COc1ccc(C=O)cc1Cn1cc(Br)cn1. The zero-order valence-electron chi connectivity index (χ0n) is 9.26. The number of halogens is 1. The summed E-state index contributed by atoms with van der Waals surface area (Å²) in [7, 11) is 1.61. The lowest BCUT2D eigenvalue weighted by molar-refractivity contribution is 0.112. The molecule has 1 aromatic heterocycles. The van der Waals surface area contributed by atoms with Gasteiger partial charge >= 0.3 is 0 Å². The van der Waals surface area contributed by atoms with Gasteiger partial charge < -0.3 is 4.74 Å². The maximum atomic E-state index is 10.7. The van der Waals surface area contributed by atoms with Crippen molar-refractivity contribution in [2.75, 3.05) is 7.11 Å². The first-order valence-corrected chi connectivity index (χ1v) is 5.82. The number of nitrogens with zero attached hydrogens (tertiary/aromatic N) is 2. The summed E-state index contributed by atoms with van der Waals surface area (Å²) in [5, 5.41) is 4.17. The highest BCUT2D eigenvalue weighted by Gasteiger charge is 2.06. The van der Waals surface area contributed by atoms with E-state index in [0.29, 0.717) is 12.1 Å². The third-order valence-electron chi connectivity index (χ3n) is 2.37. The lowest BCUT2D eigenvalue weighted by atomic mass is 10.1. The summed E-state index contributed by atoms with van der Waals surface area (Å²) >= 11 is 3.34. The summed E-state index contributed by atoms with van der Waals surface area (Å²) in [5.74, 6) is 0.752. The molecule has 0 spiro atoms. The second-order valence-electron chi connectivity index (χ2n) is 3.55. The molecule has 17 heavy (non-hydrogen) atoms. The Bertz CT molecular complexity index is 537. The number of carbonyl (C=O) groups is 1. The normalized spacial score (nSPS) is 10.2. The summed E-state index contributed by atoms with van der Waals surface area (Å²) < 4.78 is 7.95. The fraction of sp³-hybridized carbons (Fsp3) is 0.167.